The summed E-state index contributed by atoms with van der Waals surface area (Å²) in [6.07, 6.45) is -14.7. The van der Waals surface area contributed by atoms with Crippen LogP contribution in [0.5, 0.6) is 0 Å². The molecule has 2 nitrogen and oxygen atoms in total. The summed E-state index contributed by atoms with van der Waals surface area (Å²) in [6, 6.07) is 0. The van der Waals surface area contributed by atoms with Crippen LogP contribution in [0.2, 0.25) is 6.55 Å². The lowest BCUT2D eigenvalue weighted by Gasteiger charge is -2.41. The van der Waals surface area contributed by atoms with Gasteiger partial charge < -0.3 is 8.85 Å². The Morgan fingerprint density at radius 1 is 0.667 bits per heavy atom. The van der Waals surface area contributed by atoms with Gasteiger partial charge in [0.05, 0.1) is 0 Å². The molecule has 0 rings (SSSR count). The third kappa shape index (κ3) is 4.01. The highest BCUT2D eigenvalue weighted by molar-refractivity contribution is 6.67. The fourth-order valence-electron chi connectivity index (χ4n) is 1.70. The Morgan fingerprint density at radius 2 is 1.00 bits per heavy atom. The van der Waals surface area contributed by atoms with Gasteiger partial charge in [0.1, 0.15) is 0 Å². The summed E-state index contributed by atoms with van der Waals surface area (Å²) in [6.45, 7) is 0.351. The third-order valence-corrected chi connectivity index (χ3v) is 6.59. The second-order valence-electron chi connectivity index (χ2n) is 5.36. The Balaban J connectivity index is 6.22. The minimum Gasteiger partial charge on any atom is -0.396 e. The molecule has 0 amide bonds. The molecular weight excluding hydrogens is 439 g/mol. The molecule has 0 spiro atoms. The monoisotopic (exact) mass is 452 g/mol. The van der Waals surface area contributed by atoms with Gasteiger partial charge in [-0.25, -0.2) is 22.0 Å². The van der Waals surface area contributed by atoms with E-state index in [0.29, 0.717) is 20.8 Å². The van der Waals surface area contributed by atoms with Gasteiger partial charge in [-0.15, -0.1) is 0 Å². The molecule has 0 aromatic heterocycles. The van der Waals surface area contributed by atoms with Crippen LogP contribution in [-0.2, 0) is 8.85 Å². The van der Waals surface area contributed by atoms with Crippen LogP contribution in [0, 0.1) is 0 Å². The quantitative estimate of drug-likeness (QED) is 0.353. The number of alkyl halides is 13. The lowest BCUT2D eigenvalue weighted by molar-refractivity contribution is -0.384. The Kier molecular flexibility index (Phi) is 7.70. The van der Waals surface area contributed by atoms with Crippen molar-refractivity contribution in [2.24, 2.45) is 0 Å². The molecule has 16 heteroatoms. The predicted octanol–water partition coefficient (Wildman–Crippen LogP) is 4.71. The van der Waals surface area contributed by atoms with Crippen molar-refractivity contribution in [2.75, 3.05) is 14.2 Å². The molecule has 0 fully saturated rings. The maximum Gasteiger partial charge on any atom is 0.381 e. The SMILES string of the molecule is CO[Si](C)(OC)C(F)C(F)(F)C(F)(F)C(F)(F)C(F)(F)C(F)C(F)C(F)F. The number of halogens is 13. The molecule has 0 aliphatic heterocycles. The second-order valence-corrected chi connectivity index (χ2v) is 8.72. The molecule has 0 saturated carbocycles. The van der Waals surface area contributed by atoms with Crippen molar-refractivity contribution in [1.29, 1.82) is 0 Å². The van der Waals surface area contributed by atoms with Crippen LogP contribution in [0.25, 0.3) is 0 Å². The van der Waals surface area contributed by atoms with Crippen LogP contribution in [0.4, 0.5) is 57.1 Å². The molecule has 0 aromatic carbocycles. The highest BCUT2D eigenvalue weighted by Crippen LogP contribution is 2.56. The summed E-state index contributed by atoms with van der Waals surface area (Å²) in [5.74, 6) is -33.0. The van der Waals surface area contributed by atoms with E-state index in [0.717, 1.165) is 0 Å². The first-order valence-corrected chi connectivity index (χ1v) is 9.00. The van der Waals surface area contributed by atoms with E-state index < -0.39 is 56.8 Å². The first-order chi connectivity index (χ1) is 11.8. The van der Waals surface area contributed by atoms with Crippen LogP contribution in [0.15, 0.2) is 0 Å². The summed E-state index contributed by atoms with van der Waals surface area (Å²) in [5, 5.41) is 0. The average molecular weight is 452 g/mol. The van der Waals surface area contributed by atoms with E-state index in [1.807, 2.05) is 0 Å². The second kappa shape index (κ2) is 7.92. The standard InChI is InChI=1S/C11H13F13O2Si/c1-25-27(3,26-2)7(16)9(19,20)11(23,24)10(21,22)8(17,18)5(13)4(12)6(14)15/h4-7H,1-3H3. The lowest BCUT2D eigenvalue weighted by Crippen LogP contribution is -2.71. The maximum atomic E-state index is 13.8. The van der Waals surface area contributed by atoms with Gasteiger partial charge in [-0.05, 0) is 6.55 Å². The van der Waals surface area contributed by atoms with E-state index in [9.17, 15) is 57.1 Å². The molecule has 27 heavy (non-hydrogen) atoms. The van der Waals surface area contributed by atoms with Crippen molar-refractivity contribution in [1.82, 2.24) is 0 Å². The Bertz CT molecular complexity index is 497. The van der Waals surface area contributed by atoms with Crippen LogP contribution in [0.3, 0.4) is 0 Å². The third-order valence-electron chi connectivity index (χ3n) is 3.69. The maximum absolute atomic E-state index is 13.8. The summed E-state index contributed by atoms with van der Waals surface area (Å²) >= 11 is 0. The summed E-state index contributed by atoms with van der Waals surface area (Å²) in [4.78, 5) is 0. The Morgan fingerprint density at radius 3 is 1.30 bits per heavy atom. The normalized spacial score (nSPS) is 18.6. The molecule has 0 radical (unpaired) electrons. The first kappa shape index (κ1) is 26.2. The van der Waals surface area contributed by atoms with Gasteiger partial charge in [-0.1, -0.05) is 0 Å². The van der Waals surface area contributed by atoms with Crippen LogP contribution in [0.1, 0.15) is 0 Å². The Labute approximate surface area is 144 Å². The van der Waals surface area contributed by atoms with Gasteiger partial charge in [-0.3, -0.25) is 0 Å². The van der Waals surface area contributed by atoms with Crippen LogP contribution in [-0.4, -0.2) is 71.0 Å². The van der Waals surface area contributed by atoms with Crippen molar-refractivity contribution in [3.8, 4) is 0 Å². The van der Waals surface area contributed by atoms with Crippen molar-refractivity contribution >= 4 is 8.56 Å². The van der Waals surface area contributed by atoms with E-state index in [4.69, 9.17) is 0 Å². The molecule has 164 valence electrons. The van der Waals surface area contributed by atoms with Crippen molar-refractivity contribution in [2.45, 2.75) is 54.8 Å². The molecule has 3 atom stereocenters. The largest absolute Gasteiger partial charge is 0.396 e. The van der Waals surface area contributed by atoms with E-state index >= 15 is 0 Å². The summed E-state index contributed by atoms with van der Waals surface area (Å²) in [7, 11) is -4.07. The smallest absolute Gasteiger partial charge is 0.381 e. The van der Waals surface area contributed by atoms with Gasteiger partial charge in [-0.2, -0.15) is 35.1 Å². The fourth-order valence-corrected chi connectivity index (χ4v) is 3.12. The molecule has 0 saturated heterocycles. The molecule has 0 N–H and O–H groups in total. The first-order valence-electron chi connectivity index (χ1n) is 6.61. The molecular formula is C11H13F13O2Si. The Hall–Kier alpha value is -0.773. The van der Waals surface area contributed by atoms with Crippen molar-refractivity contribution < 1.29 is 65.9 Å². The highest BCUT2D eigenvalue weighted by atomic mass is 28.4. The van der Waals surface area contributed by atoms with Crippen molar-refractivity contribution in [3.63, 3.8) is 0 Å². The van der Waals surface area contributed by atoms with Gasteiger partial charge in [0.25, 0.3) is 6.43 Å². The van der Waals surface area contributed by atoms with Gasteiger partial charge >= 0.3 is 32.3 Å². The van der Waals surface area contributed by atoms with Gasteiger partial charge in [0.2, 0.25) is 12.0 Å². The minimum atomic E-state index is -7.48. The molecule has 0 aromatic rings. The predicted molar refractivity (Wildman–Crippen MR) is 66.1 cm³/mol. The molecule has 0 heterocycles. The van der Waals surface area contributed by atoms with Gasteiger partial charge in [0.15, 0.2) is 6.17 Å². The topological polar surface area (TPSA) is 18.5 Å². The van der Waals surface area contributed by atoms with E-state index in [1.165, 1.54) is 0 Å². The van der Waals surface area contributed by atoms with Crippen LogP contribution < -0.4 is 0 Å². The minimum absolute atomic E-state index is 0.351. The molecule has 0 bridgehead atoms. The summed E-state index contributed by atoms with van der Waals surface area (Å²) < 4.78 is 179. The molecule has 3 unspecified atom stereocenters. The van der Waals surface area contributed by atoms with Gasteiger partial charge in [0, 0.05) is 14.2 Å². The van der Waals surface area contributed by atoms with E-state index in [2.05, 4.69) is 8.85 Å². The zero-order valence-corrected chi connectivity index (χ0v) is 14.5. The summed E-state index contributed by atoms with van der Waals surface area (Å²) in [5.41, 5.74) is 0. The van der Waals surface area contributed by atoms with Crippen LogP contribution >= 0.6 is 0 Å². The number of rotatable bonds is 10. The zero-order valence-electron chi connectivity index (χ0n) is 13.5. The highest BCUT2D eigenvalue weighted by Gasteiger charge is 2.86. The van der Waals surface area contributed by atoms with E-state index in [1.54, 1.807) is 0 Å². The molecule has 0 aliphatic rings. The average Bonchev–Trinajstić information content (AvgIpc) is 2.57. The fraction of sp³-hybridized carbons (Fsp3) is 1.00. The lowest BCUT2D eigenvalue weighted by atomic mass is 9.94. The molecule has 0 aliphatic carbocycles. The number of hydrogen-bond donors (Lipinski definition) is 0. The zero-order chi connectivity index (χ0) is 22.2. The number of hydrogen-bond acceptors (Lipinski definition) is 2. The van der Waals surface area contributed by atoms with E-state index in [-0.39, 0.29) is 0 Å². The van der Waals surface area contributed by atoms with Crippen molar-refractivity contribution in [3.05, 3.63) is 0 Å².